The van der Waals surface area contributed by atoms with Gasteiger partial charge in [0.1, 0.15) is 5.60 Å². The first kappa shape index (κ1) is 12.8. The van der Waals surface area contributed by atoms with Crippen LogP contribution in [0.1, 0.15) is 33.6 Å². The van der Waals surface area contributed by atoms with Crippen molar-refractivity contribution in [2.75, 3.05) is 26.2 Å². The largest absolute Gasteiger partial charge is 0.460 e. The maximum absolute atomic E-state index is 11.5. The van der Waals surface area contributed by atoms with Gasteiger partial charge in [0.25, 0.3) is 0 Å². The molecule has 2 unspecified atom stereocenters. The zero-order chi connectivity index (χ0) is 12.5. The maximum atomic E-state index is 11.5. The number of carbonyl (C=O) groups excluding carboxylic acids is 1. The van der Waals surface area contributed by atoms with E-state index in [2.05, 4.69) is 10.6 Å². The Kier molecular flexibility index (Phi) is 3.46. The van der Waals surface area contributed by atoms with Gasteiger partial charge >= 0.3 is 5.97 Å². The van der Waals surface area contributed by atoms with Gasteiger partial charge in [0.05, 0.1) is 6.42 Å². The van der Waals surface area contributed by atoms with Gasteiger partial charge in [0.2, 0.25) is 0 Å². The zero-order valence-corrected chi connectivity index (χ0v) is 11.1. The third-order valence-corrected chi connectivity index (χ3v) is 3.63. The van der Waals surface area contributed by atoms with E-state index in [1.165, 1.54) is 13.0 Å². The van der Waals surface area contributed by atoms with Crippen LogP contribution in [0.4, 0.5) is 0 Å². The van der Waals surface area contributed by atoms with Gasteiger partial charge < -0.3 is 15.4 Å². The van der Waals surface area contributed by atoms with Crippen LogP contribution in [0.3, 0.4) is 0 Å². The van der Waals surface area contributed by atoms with Crippen LogP contribution < -0.4 is 10.6 Å². The molecule has 1 aliphatic heterocycles. The molecule has 0 amide bonds. The molecule has 1 aliphatic carbocycles. The van der Waals surface area contributed by atoms with Crippen molar-refractivity contribution in [3.8, 4) is 0 Å². The second-order valence-corrected chi connectivity index (χ2v) is 6.41. The lowest BCUT2D eigenvalue weighted by atomic mass is 10.1. The molecule has 1 saturated carbocycles. The molecule has 0 bridgehead atoms. The molecule has 2 fully saturated rings. The minimum Gasteiger partial charge on any atom is -0.460 e. The van der Waals surface area contributed by atoms with Gasteiger partial charge in [-0.05, 0) is 45.1 Å². The highest BCUT2D eigenvalue weighted by Crippen LogP contribution is 2.54. The fourth-order valence-electron chi connectivity index (χ4n) is 2.63. The minimum atomic E-state index is -0.368. The summed E-state index contributed by atoms with van der Waals surface area (Å²) in [6, 6.07) is 0. The van der Waals surface area contributed by atoms with E-state index in [0.717, 1.165) is 25.6 Å². The predicted octanol–water partition coefficient (Wildman–Crippen LogP) is 0.917. The van der Waals surface area contributed by atoms with E-state index in [0.29, 0.717) is 11.8 Å². The Morgan fingerprint density at radius 3 is 2.82 bits per heavy atom. The molecule has 2 rings (SSSR count). The summed E-state index contributed by atoms with van der Waals surface area (Å²) >= 11 is 0. The van der Waals surface area contributed by atoms with Gasteiger partial charge in [0.15, 0.2) is 0 Å². The lowest BCUT2D eigenvalue weighted by Gasteiger charge is -2.19. The Morgan fingerprint density at radius 2 is 2.29 bits per heavy atom. The Morgan fingerprint density at radius 1 is 1.53 bits per heavy atom. The summed E-state index contributed by atoms with van der Waals surface area (Å²) in [4.78, 5) is 11.5. The second kappa shape index (κ2) is 4.58. The number of hydrogen-bond donors (Lipinski definition) is 2. The first-order valence-electron chi connectivity index (χ1n) is 6.55. The summed E-state index contributed by atoms with van der Waals surface area (Å²) in [5.74, 6) is 0.760. The van der Waals surface area contributed by atoms with Gasteiger partial charge in [-0.1, -0.05) is 0 Å². The monoisotopic (exact) mass is 240 g/mol. The van der Waals surface area contributed by atoms with Crippen molar-refractivity contribution in [2.24, 2.45) is 11.3 Å². The highest BCUT2D eigenvalue weighted by atomic mass is 16.6. The van der Waals surface area contributed by atoms with Crippen LogP contribution in [0, 0.1) is 11.3 Å². The second-order valence-electron chi connectivity index (χ2n) is 6.41. The summed E-state index contributed by atoms with van der Waals surface area (Å²) in [6.07, 6.45) is 1.81. The SMILES string of the molecule is CC(C)(C)OC(=O)CCNCC12CNCC1C2. The lowest BCUT2D eigenvalue weighted by molar-refractivity contribution is -0.154. The van der Waals surface area contributed by atoms with E-state index < -0.39 is 0 Å². The van der Waals surface area contributed by atoms with Crippen LogP contribution >= 0.6 is 0 Å². The van der Waals surface area contributed by atoms with Crippen LogP contribution in [0.15, 0.2) is 0 Å². The van der Waals surface area contributed by atoms with E-state index >= 15 is 0 Å². The Hall–Kier alpha value is -0.610. The number of fused-ring (bicyclic) bond motifs is 1. The molecule has 98 valence electrons. The van der Waals surface area contributed by atoms with Crippen molar-refractivity contribution in [3.63, 3.8) is 0 Å². The van der Waals surface area contributed by atoms with Crippen molar-refractivity contribution in [2.45, 2.75) is 39.2 Å². The van der Waals surface area contributed by atoms with E-state index in [-0.39, 0.29) is 11.6 Å². The van der Waals surface area contributed by atoms with Gasteiger partial charge in [-0.3, -0.25) is 4.79 Å². The number of rotatable bonds is 5. The molecular weight excluding hydrogens is 216 g/mol. The molecule has 0 aromatic heterocycles. The van der Waals surface area contributed by atoms with Crippen molar-refractivity contribution in [1.29, 1.82) is 0 Å². The van der Waals surface area contributed by atoms with Crippen molar-refractivity contribution in [1.82, 2.24) is 10.6 Å². The number of hydrogen-bond acceptors (Lipinski definition) is 4. The van der Waals surface area contributed by atoms with E-state index in [1.807, 2.05) is 20.8 Å². The average molecular weight is 240 g/mol. The first-order valence-corrected chi connectivity index (χ1v) is 6.55. The molecule has 1 heterocycles. The van der Waals surface area contributed by atoms with Crippen LogP contribution in [0.25, 0.3) is 0 Å². The molecular formula is C13H24N2O2. The molecule has 0 aromatic carbocycles. The molecule has 4 heteroatoms. The van der Waals surface area contributed by atoms with Crippen molar-refractivity contribution in [3.05, 3.63) is 0 Å². The van der Waals surface area contributed by atoms with E-state index in [4.69, 9.17) is 4.74 Å². The molecule has 0 spiro atoms. The zero-order valence-electron chi connectivity index (χ0n) is 11.1. The summed E-state index contributed by atoms with van der Waals surface area (Å²) in [6.45, 7) is 9.77. The molecule has 17 heavy (non-hydrogen) atoms. The fourth-order valence-corrected chi connectivity index (χ4v) is 2.63. The summed E-state index contributed by atoms with van der Waals surface area (Å²) in [5, 5.41) is 6.80. The predicted molar refractivity (Wildman–Crippen MR) is 66.7 cm³/mol. The van der Waals surface area contributed by atoms with Gasteiger partial charge in [-0.2, -0.15) is 0 Å². The normalized spacial score (nSPS) is 31.1. The van der Waals surface area contributed by atoms with Crippen molar-refractivity contribution < 1.29 is 9.53 Å². The topological polar surface area (TPSA) is 50.4 Å². The highest BCUT2D eigenvalue weighted by molar-refractivity contribution is 5.70. The highest BCUT2D eigenvalue weighted by Gasteiger charge is 2.56. The smallest absolute Gasteiger partial charge is 0.307 e. The maximum Gasteiger partial charge on any atom is 0.307 e. The molecule has 2 N–H and O–H groups in total. The Balaban J connectivity index is 1.56. The van der Waals surface area contributed by atoms with Crippen LogP contribution in [0.2, 0.25) is 0 Å². The fraction of sp³-hybridized carbons (Fsp3) is 0.923. The average Bonchev–Trinajstić information content (AvgIpc) is 2.73. The quantitative estimate of drug-likeness (QED) is 0.554. The Labute approximate surface area is 103 Å². The standard InChI is InChI=1S/C13H24N2O2/c1-12(2,3)17-11(16)4-5-14-8-13-6-10(13)7-15-9-13/h10,14-15H,4-9H2,1-3H3. The molecule has 4 nitrogen and oxygen atoms in total. The third-order valence-electron chi connectivity index (χ3n) is 3.63. The lowest BCUT2D eigenvalue weighted by Crippen LogP contribution is -2.31. The number of carbonyl (C=O) groups is 1. The van der Waals surface area contributed by atoms with Crippen LogP contribution in [-0.4, -0.2) is 37.7 Å². The van der Waals surface area contributed by atoms with Crippen LogP contribution in [-0.2, 0) is 9.53 Å². The number of nitrogens with one attached hydrogen (secondary N) is 2. The van der Waals surface area contributed by atoms with Gasteiger partial charge in [-0.25, -0.2) is 0 Å². The van der Waals surface area contributed by atoms with Gasteiger partial charge in [0, 0.05) is 19.6 Å². The Bertz CT molecular complexity index is 298. The van der Waals surface area contributed by atoms with E-state index in [1.54, 1.807) is 0 Å². The third kappa shape index (κ3) is 3.42. The minimum absolute atomic E-state index is 0.112. The van der Waals surface area contributed by atoms with E-state index in [9.17, 15) is 4.79 Å². The van der Waals surface area contributed by atoms with Crippen molar-refractivity contribution >= 4 is 5.97 Å². The van der Waals surface area contributed by atoms with Gasteiger partial charge in [-0.15, -0.1) is 0 Å². The molecule has 0 aromatic rings. The molecule has 1 saturated heterocycles. The number of esters is 1. The molecule has 2 atom stereocenters. The molecule has 0 radical (unpaired) electrons. The number of ether oxygens (including phenoxy) is 1. The summed E-state index contributed by atoms with van der Waals surface area (Å²) in [5.41, 5.74) is 0.140. The first-order chi connectivity index (χ1) is 7.91. The molecule has 2 aliphatic rings. The van der Waals surface area contributed by atoms with Crippen LogP contribution in [0.5, 0.6) is 0 Å². The summed E-state index contributed by atoms with van der Waals surface area (Å²) < 4.78 is 5.25. The number of piperidine rings is 1. The summed E-state index contributed by atoms with van der Waals surface area (Å²) in [7, 11) is 0.